The van der Waals surface area contributed by atoms with Gasteiger partial charge in [0, 0.05) is 17.4 Å². The molecule has 0 aliphatic carbocycles. The fraction of sp³-hybridized carbons (Fsp3) is 0.167. The van der Waals surface area contributed by atoms with Crippen molar-refractivity contribution in [3.05, 3.63) is 86.9 Å². The molecule has 2 aromatic heterocycles. The van der Waals surface area contributed by atoms with Crippen molar-refractivity contribution >= 4 is 28.3 Å². The van der Waals surface area contributed by atoms with Crippen LogP contribution in [0.4, 0.5) is 0 Å². The molecule has 0 saturated carbocycles. The molecule has 0 unspecified atom stereocenters. The number of ether oxygens (including phenoxy) is 1. The molecule has 0 bridgehead atoms. The number of carbonyl (C=O) groups excluding carboxylic acids is 1. The molecule has 4 rings (SSSR count). The Labute approximate surface area is 172 Å². The third-order valence-electron chi connectivity index (χ3n) is 4.72. The zero-order chi connectivity index (χ0) is 20.2. The fourth-order valence-corrected chi connectivity index (χ4v) is 4.08. The number of esters is 1. The molecule has 0 radical (unpaired) electrons. The van der Waals surface area contributed by atoms with Crippen LogP contribution in [0.25, 0.3) is 22.1 Å². The first-order valence-electron chi connectivity index (χ1n) is 9.48. The van der Waals surface area contributed by atoms with Crippen LogP contribution in [0.1, 0.15) is 23.5 Å². The molecule has 0 fully saturated rings. The standard InChI is InChI=1S/C24H20O4S/c1-16-23(17-7-3-2-4-8-17)24(26)20-13-12-18(15-21(20)27-16)28-22(25)11-5-9-19-10-6-14-29-19/h2-4,6-8,10,12-15H,5,9,11H2,1H3. The Hall–Kier alpha value is -3.18. The number of hydrogen-bond donors (Lipinski definition) is 0. The first-order chi connectivity index (χ1) is 14.1. The van der Waals surface area contributed by atoms with E-state index in [9.17, 15) is 9.59 Å². The Morgan fingerprint density at radius 2 is 1.90 bits per heavy atom. The largest absolute Gasteiger partial charge is 0.460 e. The summed E-state index contributed by atoms with van der Waals surface area (Å²) in [6.45, 7) is 1.77. The van der Waals surface area contributed by atoms with Crippen LogP contribution < -0.4 is 10.2 Å². The summed E-state index contributed by atoms with van der Waals surface area (Å²) in [7, 11) is 0. The second kappa shape index (κ2) is 8.45. The third-order valence-corrected chi connectivity index (χ3v) is 5.65. The number of benzene rings is 2. The molecular weight excluding hydrogens is 384 g/mol. The number of carbonyl (C=O) groups is 1. The van der Waals surface area contributed by atoms with E-state index in [2.05, 4.69) is 6.07 Å². The van der Waals surface area contributed by atoms with E-state index in [1.165, 1.54) is 4.88 Å². The van der Waals surface area contributed by atoms with Gasteiger partial charge in [0.2, 0.25) is 5.43 Å². The summed E-state index contributed by atoms with van der Waals surface area (Å²) in [5.74, 6) is 0.627. The highest BCUT2D eigenvalue weighted by atomic mass is 32.1. The van der Waals surface area contributed by atoms with Crippen LogP contribution >= 0.6 is 11.3 Å². The van der Waals surface area contributed by atoms with E-state index in [-0.39, 0.29) is 11.4 Å². The summed E-state index contributed by atoms with van der Waals surface area (Å²) in [5, 5.41) is 2.49. The van der Waals surface area contributed by atoms with E-state index in [1.54, 1.807) is 36.5 Å². The molecule has 0 amide bonds. The van der Waals surface area contributed by atoms with Crippen molar-refractivity contribution in [2.45, 2.75) is 26.2 Å². The zero-order valence-electron chi connectivity index (χ0n) is 16.0. The molecule has 2 aromatic carbocycles. The van der Waals surface area contributed by atoms with Gasteiger partial charge in [0.15, 0.2) is 0 Å². The molecule has 0 aliphatic rings. The highest BCUT2D eigenvalue weighted by molar-refractivity contribution is 7.09. The second-order valence-electron chi connectivity index (χ2n) is 6.79. The summed E-state index contributed by atoms with van der Waals surface area (Å²) < 4.78 is 11.3. The van der Waals surface area contributed by atoms with Crippen LogP contribution in [-0.2, 0) is 11.2 Å². The first kappa shape index (κ1) is 19.2. The molecule has 0 saturated heterocycles. The van der Waals surface area contributed by atoms with Crippen molar-refractivity contribution in [3.63, 3.8) is 0 Å². The van der Waals surface area contributed by atoms with Crippen molar-refractivity contribution in [3.8, 4) is 16.9 Å². The highest BCUT2D eigenvalue weighted by Crippen LogP contribution is 2.26. The number of hydrogen-bond acceptors (Lipinski definition) is 5. The van der Waals surface area contributed by atoms with Crippen LogP contribution in [0.3, 0.4) is 0 Å². The van der Waals surface area contributed by atoms with E-state index >= 15 is 0 Å². The lowest BCUT2D eigenvalue weighted by atomic mass is 10.0. The molecule has 0 spiro atoms. The van der Waals surface area contributed by atoms with Gasteiger partial charge < -0.3 is 9.15 Å². The Morgan fingerprint density at radius 1 is 1.07 bits per heavy atom. The summed E-state index contributed by atoms with van der Waals surface area (Å²) in [5.41, 5.74) is 1.69. The van der Waals surface area contributed by atoms with Gasteiger partial charge >= 0.3 is 5.97 Å². The van der Waals surface area contributed by atoms with Crippen molar-refractivity contribution in [2.24, 2.45) is 0 Å². The average Bonchev–Trinajstić information content (AvgIpc) is 3.22. The van der Waals surface area contributed by atoms with Gasteiger partial charge in [-0.15, -0.1) is 11.3 Å². The molecule has 29 heavy (non-hydrogen) atoms. The van der Waals surface area contributed by atoms with Gasteiger partial charge in [0.05, 0.1) is 10.9 Å². The van der Waals surface area contributed by atoms with Crippen LogP contribution in [0, 0.1) is 6.92 Å². The minimum absolute atomic E-state index is 0.0937. The number of thiophene rings is 1. The van der Waals surface area contributed by atoms with Gasteiger partial charge in [-0.3, -0.25) is 9.59 Å². The van der Waals surface area contributed by atoms with E-state index in [1.807, 2.05) is 41.8 Å². The topological polar surface area (TPSA) is 56.5 Å². The minimum atomic E-state index is -0.291. The van der Waals surface area contributed by atoms with Crippen LogP contribution in [-0.4, -0.2) is 5.97 Å². The van der Waals surface area contributed by atoms with Crippen molar-refractivity contribution in [1.29, 1.82) is 0 Å². The summed E-state index contributed by atoms with van der Waals surface area (Å²) in [6.07, 6.45) is 1.94. The number of aryl methyl sites for hydroxylation is 2. The smallest absolute Gasteiger partial charge is 0.311 e. The van der Waals surface area contributed by atoms with E-state index in [0.717, 1.165) is 18.4 Å². The fourth-order valence-electron chi connectivity index (χ4n) is 3.33. The molecule has 0 N–H and O–H groups in total. The molecule has 0 aliphatic heterocycles. The number of rotatable bonds is 6. The third kappa shape index (κ3) is 4.30. The van der Waals surface area contributed by atoms with Gasteiger partial charge in [0.1, 0.15) is 17.1 Å². The van der Waals surface area contributed by atoms with Gasteiger partial charge in [-0.1, -0.05) is 36.4 Å². The lowest BCUT2D eigenvalue weighted by Crippen LogP contribution is -2.09. The predicted octanol–water partition coefficient (Wildman–Crippen LogP) is 5.76. The van der Waals surface area contributed by atoms with E-state index < -0.39 is 0 Å². The second-order valence-corrected chi connectivity index (χ2v) is 7.83. The van der Waals surface area contributed by atoms with Crippen LogP contribution in [0.5, 0.6) is 5.75 Å². The SMILES string of the molecule is Cc1oc2cc(OC(=O)CCCc3cccs3)ccc2c(=O)c1-c1ccccc1. The van der Waals surface area contributed by atoms with Crippen molar-refractivity contribution < 1.29 is 13.9 Å². The van der Waals surface area contributed by atoms with Gasteiger partial charge in [-0.25, -0.2) is 0 Å². The summed E-state index contributed by atoms with van der Waals surface area (Å²) in [6, 6.07) is 18.4. The maximum absolute atomic E-state index is 13.0. The Morgan fingerprint density at radius 3 is 2.66 bits per heavy atom. The Balaban J connectivity index is 1.52. The first-order valence-corrected chi connectivity index (χ1v) is 10.4. The van der Waals surface area contributed by atoms with Gasteiger partial charge in [-0.05, 0) is 48.9 Å². The van der Waals surface area contributed by atoms with Gasteiger partial charge in [0.25, 0.3) is 0 Å². The quantitative estimate of drug-likeness (QED) is 0.303. The van der Waals surface area contributed by atoms with Crippen LogP contribution in [0.15, 0.2) is 75.3 Å². The molecule has 4 nitrogen and oxygen atoms in total. The maximum atomic E-state index is 13.0. The zero-order valence-corrected chi connectivity index (χ0v) is 16.8. The Bertz CT molecular complexity index is 1190. The maximum Gasteiger partial charge on any atom is 0.311 e. The van der Waals surface area contributed by atoms with Crippen molar-refractivity contribution in [1.82, 2.24) is 0 Å². The number of fused-ring (bicyclic) bond motifs is 1. The molecule has 5 heteroatoms. The molecule has 4 aromatic rings. The average molecular weight is 404 g/mol. The van der Waals surface area contributed by atoms with Crippen LogP contribution in [0.2, 0.25) is 0 Å². The van der Waals surface area contributed by atoms with E-state index in [4.69, 9.17) is 9.15 Å². The monoisotopic (exact) mass is 404 g/mol. The normalized spacial score (nSPS) is 10.9. The summed E-state index contributed by atoms with van der Waals surface area (Å²) in [4.78, 5) is 26.4. The van der Waals surface area contributed by atoms with Gasteiger partial charge in [-0.2, -0.15) is 0 Å². The lowest BCUT2D eigenvalue weighted by molar-refractivity contribution is -0.134. The molecule has 2 heterocycles. The van der Waals surface area contributed by atoms with E-state index in [0.29, 0.717) is 34.5 Å². The molecular formula is C24H20O4S. The lowest BCUT2D eigenvalue weighted by Gasteiger charge is -2.09. The predicted molar refractivity (Wildman–Crippen MR) is 116 cm³/mol. The highest BCUT2D eigenvalue weighted by Gasteiger charge is 2.14. The Kier molecular flexibility index (Phi) is 5.58. The molecule has 146 valence electrons. The molecule has 0 atom stereocenters. The summed E-state index contributed by atoms with van der Waals surface area (Å²) >= 11 is 1.69. The van der Waals surface area contributed by atoms with Crippen molar-refractivity contribution in [2.75, 3.05) is 0 Å². The minimum Gasteiger partial charge on any atom is -0.460 e.